The van der Waals surface area contributed by atoms with E-state index < -0.39 is 5.82 Å². The van der Waals surface area contributed by atoms with Gasteiger partial charge in [-0.2, -0.15) is 5.26 Å². The Kier molecular flexibility index (Phi) is 23.3. The minimum atomic E-state index is -0.442. The first-order valence-electron chi connectivity index (χ1n) is 12.6. The second kappa shape index (κ2) is 23.6. The molecule has 3 N–H and O–H groups in total. The Morgan fingerprint density at radius 2 is 1.20 bits per heavy atom. The summed E-state index contributed by atoms with van der Waals surface area (Å²) < 4.78 is 39.2. The normalized spacial score (nSPS) is 9.24. The van der Waals surface area contributed by atoms with Gasteiger partial charge in [0.05, 0.1) is 37.8 Å². The van der Waals surface area contributed by atoms with Crippen molar-refractivity contribution in [1.29, 1.82) is 10.5 Å². The summed E-state index contributed by atoms with van der Waals surface area (Å²) in [5.74, 6) is 0.192. The first-order chi connectivity index (χ1) is 20.6. The molecule has 0 heterocycles. The molecule has 12 heteroatoms. The molecular formula is C33H32BrCl2F2N2NaO4. The summed E-state index contributed by atoms with van der Waals surface area (Å²) in [7, 11) is 3.00. The Morgan fingerprint density at radius 3 is 1.53 bits per heavy atom. The maximum Gasteiger partial charge on any atom is 1.00 e. The van der Waals surface area contributed by atoms with Crippen molar-refractivity contribution in [3.05, 3.63) is 112 Å². The van der Waals surface area contributed by atoms with E-state index in [9.17, 15) is 8.78 Å². The van der Waals surface area contributed by atoms with Crippen LogP contribution >= 0.6 is 39.1 Å². The van der Waals surface area contributed by atoms with Crippen molar-refractivity contribution >= 4 is 39.1 Å². The molecule has 234 valence electrons. The molecular weight excluding hydrogens is 700 g/mol. The molecule has 6 nitrogen and oxygen atoms in total. The Balaban J connectivity index is 0. The van der Waals surface area contributed by atoms with Gasteiger partial charge in [0, 0.05) is 27.0 Å². The second-order valence-electron chi connectivity index (χ2n) is 8.81. The number of nitriles is 1. The van der Waals surface area contributed by atoms with E-state index in [2.05, 4.69) is 15.9 Å². The Hall–Kier alpha value is -2.70. The molecule has 0 aliphatic rings. The van der Waals surface area contributed by atoms with E-state index >= 15 is 0 Å². The molecule has 0 aromatic heterocycles. The van der Waals surface area contributed by atoms with E-state index in [-0.39, 0.29) is 53.4 Å². The van der Waals surface area contributed by atoms with E-state index in [0.717, 1.165) is 0 Å². The van der Waals surface area contributed by atoms with Crippen molar-refractivity contribution in [2.75, 3.05) is 14.2 Å². The summed E-state index contributed by atoms with van der Waals surface area (Å²) in [6.45, 7) is 8.19. The smallest absolute Gasteiger partial charge is 0.512 e. The largest absolute Gasteiger partial charge is 1.00 e. The molecule has 4 rings (SSSR count). The Labute approximate surface area is 303 Å². The van der Waals surface area contributed by atoms with Crippen LogP contribution in [-0.2, 0) is 11.8 Å². The van der Waals surface area contributed by atoms with Gasteiger partial charge < -0.3 is 31.9 Å². The van der Waals surface area contributed by atoms with Crippen molar-refractivity contribution in [2.24, 2.45) is 0 Å². The first-order valence-corrected chi connectivity index (χ1v) is 14.5. The van der Waals surface area contributed by atoms with Crippen LogP contribution in [0.3, 0.4) is 0 Å². The van der Waals surface area contributed by atoms with Crippen LogP contribution in [0, 0.1) is 34.8 Å². The van der Waals surface area contributed by atoms with Crippen LogP contribution < -0.4 is 39.0 Å². The molecule has 0 fully saturated rings. The van der Waals surface area contributed by atoms with E-state index in [1.54, 1.807) is 80.6 Å². The third kappa shape index (κ3) is 13.7. The monoisotopic (exact) mass is 730 g/mol. The number of aliphatic hydroxyl groups is 1. The number of benzene rings is 4. The quantitative estimate of drug-likeness (QED) is 0.150. The second-order valence-corrected chi connectivity index (χ2v) is 10.2. The predicted molar refractivity (Wildman–Crippen MR) is 175 cm³/mol. The van der Waals surface area contributed by atoms with Crippen molar-refractivity contribution in [1.82, 2.24) is 0 Å². The average Bonchev–Trinajstić information content (AvgIpc) is 2.99. The fraction of sp³-hybridized carbons (Fsp3) is 0.212. The summed E-state index contributed by atoms with van der Waals surface area (Å²) >= 11 is 15.1. The molecule has 4 aromatic carbocycles. The van der Waals surface area contributed by atoms with E-state index in [4.69, 9.17) is 54.9 Å². The van der Waals surface area contributed by atoms with Crippen LogP contribution in [0.25, 0.3) is 22.3 Å². The molecule has 0 aliphatic heterocycles. The zero-order valence-electron chi connectivity index (χ0n) is 25.5. The van der Waals surface area contributed by atoms with Crippen molar-refractivity contribution in [2.45, 2.75) is 31.7 Å². The molecule has 0 radical (unpaired) electrons. The van der Waals surface area contributed by atoms with Crippen molar-refractivity contribution < 1.29 is 58.4 Å². The zero-order chi connectivity index (χ0) is 32.5. The standard InChI is InChI=1S/C15H11ClFNO.C14H11BrClFO.C3H8O.CN.Na.H2O/c1-19-13-6-5-10(7-8-18)15(17)14(13)11-3-2-4-12(16)9-11;1-18-12-6-5-10(8-15)14(17)13(12)9-3-2-4-11(16)7-9;1-3(2)4;1-2;;/h2-6,9H,7H2,1H3;2-7H,8H2,1H3;3-4H,1-2H3;;;1H2/q;;;-1;+1;. The van der Waals surface area contributed by atoms with Crippen LogP contribution in [0.1, 0.15) is 25.0 Å². The molecule has 0 spiro atoms. The average molecular weight is 732 g/mol. The predicted octanol–water partition coefficient (Wildman–Crippen LogP) is 5.93. The third-order valence-corrected chi connectivity index (χ3v) is 6.52. The van der Waals surface area contributed by atoms with Gasteiger partial charge in [-0.1, -0.05) is 75.5 Å². The van der Waals surface area contributed by atoms with Crippen LogP contribution in [-0.4, -0.2) is 30.9 Å². The molecule has 45 heavy (non-hydrogen) atoms. The molecule has 0 aliphatic carbocycles. The van der Waals surface area contributed by atoms with Crippen LogP contribution in [0.2, 0.25) is 10.0 Å². The van der Waals surface area contributed by atoms with Gasteiger partial charge >= 0.3 is 29.6 Å². The molecule has 0 atom stereocenters. The molecule has 4 aromatic rings. The first kappa shape index (κ1) is 44.4. The number of hydrogen-bond donors (Lipinski definition) is 1. The fourth-order valence-corrected chi connectivity index (χ4v) is 4.51. The number of halogens is 5. The Bertz CT molecular complexity index is 1550. The van der Waals surface area contributed by atoms with Gasteiger partial charge in [-0.3, -0.25) is 0 Å². The summed E-state index contributed by atoms with van der Waals surface area (Å²) in [5.41, 5.74) is 3.04. The van der Waals surface area contributed by atoms with Crippen LogP contribution in [0.4, 0.5) is 8.78 Å². The third-order valence-electron chi connectivity index (χ3n) is 5.45. The summed E-state index contributed by atoms with van der Waals surface area (Å²) in [5, 5.41) is 24.6. The molecule has 0 saturated carbocycles. The summed E-state index contributed by atoms with van der Waals surface area (Å²) in [6.07, 6.45) is -0.149. The molecule has 0 amide bonds. The number of rotatable bonds is 6. The van der Waals surface area contributed by atoms with E-state index in [0.29, 0.717) is 60.3 Å². The molecule has 0 saturated heterocycles. The maximum absolute atomic E-state index is 14.5. The number of hydrogen-bond acceptors (Lipinski definition) is 5. The number of aliphatic hydroxyl groups excluding tert-OH is 1. The summed E-state index contributed by atoms with van der Waals surface area (Å²) in [6, 6.07) is 22.6. The van der Waals surface area contributed by atoms with Crippen LogP contribution in [0.5, 0.6) is 11.5 Å². The van der Waals surface area contributed by atoms with Gasteiger partial charge in [0.15, 0.2) is 0 Å². The van der Waals surface area contributed by atoms with Crippen LogP contribution in [0.15, 0.2) is 72.8 Å². The van der Waals surface area contributed by atoms with Gasteiger partial charge in [-0.05, 0) is 66.9 Å². The van der Waals surface area contributed by atoms with Gasteiger partial charge in [-0.25, -0.2) is 8.78 Å². The zero-order valence-corrected chi connectivity index (χ0v) is 30.6. The minimum Gasteiger partial charge on any atom is -0.512 e. The number of ether oxygens (including phenoxy) is 2. The molecule has 0 unspecified atom stereocenters. The maximum atomic E-state index is 14.5. The fourth-order valence-electron chi connectivity index (χ4n) is 3.69. The van der Waals surface area contributed by atoms with Gasteiger partial charge in [-0.15, -0.1) is 0 Å². The number of alkyl halides is 1. The number of methoxy groups -OCH3 is 2. The van der Waals surface area contributed by atoms with Gasteiger partial charge in [0.2, 0.25) is 0 Å². The SMILES string of the molecule is CC(C)O.COc1ccc(CBr)c(F)c1-c1cccc(Cl)c1.COc1ccc(CC#N)c(F)c1-c1cccc(Cl)c1.O.[C-]#N.[Na+]. The van der Waals surface area contributed by atoms with Gasteiger partial charge in [0.25, 0.3) is 0 Å². The van der Waals surface area contributed by atoms with E-state index in [1.165, 1.54) is 14.2 Å². The molecule has 0 bridgehead atoms. The summed E-state index contributed by atoms with van der Waals surface area (Å²) in [4.78, 5) is 0. The van der Waals surface area contributed by atoms with Gasteiger partial charge in [0.1, 0.15) is 23.1 Å². The van der Waals surface area contributed by atoms with Crippen molar-refractivity contribution in [3.63, 3.8) is 0 Å². The Morgan fingerprint density at radius 1 is 0.822 bits per heavy atom. The van der Waals surface area contributed by atoms with Crippen molar-refractivity contribution in [3.8, 4) is 39.8 Å². The number of nitrogens with zero attached hydrogens (tertiary/aromatic N) is 2. The van der Waals surface area contributed by atoms with E-state index in [1.807, 2.05) is 12.1 Å². The topological polar surface area (TPSA) is 118 Å². The minimum absolute atomic E-state index is 0.